The van der Waals surface area contributed by atoms with Crippen LogP contribution in [0.5, 0.6) is 0 Å². The number of halogens is 3. The van der Waals surface area contributed by atoms with Crippen LogP contribution in [0, 0.1) is 0 Å². The van der Waals surface area contributed by atoms with Crippen molar-refractivity contribution in [1.29, 1.82) is 0 Å². The zero-order chi connectivity index (χ0) is 70.1. The van der Waals surface area contributed by atoms with Crippen LogP contribution in [0.4, 0.5) is 0 Å². The molecule has 0 bridgehead atoms. The summed E-state index contributed by atoms with van der Waals surface area (Å²) in [5.74, 6) is 0. The van der Waals surface area contributed by atoms with E-state index in [0.717, 1.165) is 114 Å². The predicted octanol–water partition coefficient (Wildman–Crippen LogP) is 24.4. The number of hydrogen-bond acceptors (Lipinski definition) is 2. The minimum atomic E-state index is -0.397. The van der Waals surface area contributed by atoms with Crippen LogP contribution in [0.25, 0.3) is 142 Å². The highest BCUT2D eigenvalue weighted by Crippen LogP contribution is 2.58. The Labute approximate surface area is 562 Å². The maximum Gasteiger partial charge on any atom is 0.495 e. The minimum Gasteiger partial charge on any atom is -0.399 e. The fourth-order valence-corrected chi connectivity index (χ4v) is 14.4. The maximum atomic E-state index is 8.79. The van der Waals surface area contributed by atoms with Crippen LogP contribution in [-0.4, -0.2) is 18.3 Å². The SMILES string of the molecule is CC12CC1(C)OB(c1cc3cc(Cl)ccc3c3ccccc13)O2.[2H]c1c([2H])c([2H])c(-c2c3ccccc3c(-c3ccc(-c4cc5cc(Cl)ccc5c5ccccc45)cc3)c3ccccc23)c([2H])c1[2H].[2H]c1c([2H])c([2H])c(-c2c3ccccc3c(-c3ccc(Br)cc3)c3ccccc23)c([2H])c1[2H]. The van der Waals surface area contributed by atoms with E-state index in [4.69, 9.17) is 46.2 Å². The Kier molecular flexibility index (Phi) is 11.9. The van der Waals surface area contributed by atoms with Crippen molar-refractivity contribution < 1.29 is 23.0 Å². The molecule has 2 atom stereocenters. The zero-order valence-electron chi connectivity index (χ0n) is 59.3. The molecule has 0 spiro atoms. The first kappa shape index (κ1) is 46.7. The highest BCUT2D eigenvalue weighted by Gasteiger charge is 2.71. The van der Waals surface area contributed by atoms with Gasteiger partial charge in [-0.3, -0.25) is 0 Å². The lowest BCUT2D eigenvalue weighted by Gasteiger charge is -2.18. The Hall–Kier alpha value is -9.36. The molecule has 1 aliphatic carbocycles. The van der Waals surface area contributed by atoms with Crippen LogP contribution in [-0.2, 0) is 9.31 Å². The Morgan fingerprint density at radius 1 is 0.341 bits per heavy atom. The second-order valence-electron chi connectivity index (χ2n) is 23.7. The van der Waals surface area contributed by atoms with Gasteiger partial charge in [-0.2, -0.15) is 0 Å². The van der Waals surface area contributed by atoms with E-state index in [1.54, 1.807) is 0 Å². The first-order chi connectivity index (χ1) is 48.7. The summed E-state index contributed by atoms with van der Waals surface area (Å²) < 4.78 is 97.4. The van der Waals surface area contributed by atoms with E-state index in [-0.39, 0.29) is 83.8 Å². The Morgan fingerprint density at radius 2 is 0.670 bits per heavy atom. The summed E-state index contributed by atoms with van der Waals surface area (Å²) in [5.41, 5.74) is 8.91. The van der Waals surface area contributed by atoms with Gasteiger partial charge in [0.2, 0.25) is 0 Å². The standard InChI is InChI=1S/C40H25Cl.C26H17Br.C19H16BClO2/c41-30-22-23-31-29(24-30)25-38(33-13-5-4-12-32(31)33)26-18-20-28(21-19-26)40-36-16-8-6-14-34(36)39(27-10-2-1-3-11-27)35-15-7-9-17-37(35)40;27-20-16-14-19(15-17-20)26-23-12-6-4-10-21(23)25(18-8-2-1-3-9-18)22-11-5-7-13-24(22)26;1-18-11-19(18,2)23-20(22-18)17-10-12-9-13(21)7-8-14(12)15-5-3-4-6-16(15)17/h1-25H;1-17H;3-10H,11H2,1-2H3/i1D,2D,3D,10D,11D;1D,2D,3D,8D,9D;. The molecule has 91 heavy (non-hydrogen) atoms. The topological polar surface area (TPSA) is 18.5 Å². The average Bonchev–Trinajstić information content (AvgIpc) is 1.50. The second-order valence-corrected chi connectivity index (χ2v) is 25.5. The fraction of sp³-hybridized carbons (Fsp3) is 0.0588. The van der Waals surface area contributed by atoms with Gasteiger partial charge in [-0.25, -0.2) is 0 Å². The van der Waals surface area contributed by atoms with Gasteiger partial charge in [-0.15, -0.1) is 0 Å². The first-order valence-electron chi connectivity index (χ1n) is 35.2. The molecular formula is C85H58BBrCl2O2. The van der Waals surface area contributed by atoms with E-state index in [0.29, 0.717) is 16.1 Å². The van der Waals surface area contributed by atoms with Gasteiger partial charge < -0.3 is 9.31 Å². The lowest BCUT2D eigenvalue weighted by Crippen LogP contribution is -2.36. The van der Waals surface area contributed by atoms with Gasteiger partial charge in [0, 0.05) is 20.9 Å². The molecule has 1 aliphatic heterocycles. The van der Waals surface area contributed by atoms with Gasteiger partial charge in [-0.05, 0) is 204 Å². The molecule has 0 amide bonds. The van der Waals surface area contributed by atoms with Crippen LogP contribution in [0.15, 0.2) is 308 Å². The summed E-state index contributed by atoms with van der Waals surface area (Å²) in [6.45, 7) is 4.26. The molecule has 1 saturated heterocycles. The van der Waals surface area contributed by atoms with E-state index in [1.807, 2.05) is 133 Å². The van der Waals surface area contributed by atoms with E-state index in [2.05, 4.69) is 139 Å². The van der Waals surface area contributed by atoms with Crippen LogP contribution in [0.2, 0.25) is 10.0 Å². The molecule has 0 aromatic heterocycles. The van der Waals surface area contributed by atoms with Crippen molar-refractivity contribution in [3.05, 3.63) is 318 Å². The van der Waals surface area contributed by atoms with Crippen LogP contribution in [0.3, 0.4) is 0 Å². The maximum absolute atomic E-state index is 8.79. The third-order valence-corrected chi connectivity index (χ3v) is 19.3. The molecule has 18 rings (SSSR count). The summed E-state index contributed by atoms with van der Waals surface area (Å²) in [7, 11) is -0.313. The van der Waals surface area contributed by atoms with Crippen molar-refractivity contribution in [2.24, 2.45) is 0 Å². The third-order valence-electron chi connectivity index (χ3n) is 18.3. The molecule has 1 saturated carbocycles. The van der Waals surface area contributed by atoms with E-state index in [1.165, 1.54) is 26.9 Å². The zero-order valence-corrected chi connectivity index (χ0v) is 52.4. The number of rotatable bonds is 6. The van der Waals surface area contributed by atoms with E-state index < -0.39 is 6.04 Å². The summed E-state index contributed by atoms with van der Waals surface area (Å²) in [6, 6.07) is 78.7. The molecule has 16 aromatic rings. The first-order valence-corrected chi connectivity index (χ1v) is 31.7. The third kappa shape index (κ3) is 10.2. The monoisotopic (exact) mass is 1280 g/mol. The van der Waals surface area contributed by atoms with E-state index in [9.17, 15) is 0 Å². The normalized spacial score (nSPS) is 17.4. The lowest BCUT2D eigenvalue weighted by atomic mass is 9.74. The van der Waals surface area contributed by atoms with Gasteiger partial charge in [0.25, 0.3) is 0 Å². The molecule has 2 nitrogen and oxygen atoms in total. The quantitative estimate of drug-likeness (QED) is 0.0938. The van der Waals surface area contributed by atoms with Crippen LogP contribution >= 0.6 is 39.1 Å². The summed E-state index contributed by atoms with van der Waals surface area (Å²) in [5, 5.41) is 17.9. The molecule has 6 heteroatoms. The Morgan fingerprint density at radius 3 is 1.09 bits per heavy atom. The minimum absolute atomic E-state index is 0.151. The van der Waals surface area contributed by atoms with Gasteiger partial charge in [0.1, 0.15) is 0 Å². The van der Waals surface area contributed by atoms with Crippen molar-refractivity contribution in [1.82, 2.24) is 0 Å². The Bertz CT molecular complexity index is 5990. The molecule has 0 radical (unpaired) electrons. The molecular weight excluding hydrogens is 1210 g/mol. The summed E-state index contributed by atoms with van der Waals surface area (Å²) >= 11 is 16.1. The molecule has 0 N–H and O–H groups in total. The number of hydrogen-bond donors (Lipinski definition) is 0. The van der Waals surface area contributed by atoms with Gasteiger partial charge >= 0.3 is 7.12 Å². The second kappa shape index (κ2) is 23.2. The van der Waals surface area contributed by atoms with Gasteiger partial charge in [-0.1, -0.05) is 300 Å². The smallest absolute Gasteiger partial charge is 0.399 e. The molecule has 16 aromatic carbocycles. The molecule has 434 valence electrons. The van der Waals surface area contributed by atoms with E-state index >= 15 is 0 Å². The van der Waals surface area contributed by atoms with Crippen LogP contribution in [0.1, 0.15) is 34.0 Å². The summed E-state index contributed by atoms with van der Waals surface area (Å²) in [6.07, 6.45) is 0.966. The number of fused-ring (bicyclic) bond motifs is 11. The van der Waals surface area contributed by atoms with Crippen molar-refractivity contribution in [3.8, 4) is 55.6 Å². The largest absolute Gasteiger partial charge is 0.495 e. The summed E-state index contributed by atoms with van der Waals surface area (Å²) in [4.78, 5) is 0. The average molecular weight is 1280 g/mol. The number of benzene rings is 16. The predicted molar refractivity (Wildman–Crippen MR) is 393 cm³/mol. The van der Waals surface area contributed by atoms with Crippen LogP contribution < -0.4 is 5.46 Å². The van der Waals surface area contributed by atoms with Crippen molar-refractivity contribution in [2.45, 2.75) is 31.5 Å². The molecule has 2 aliphatic rings. The highest BCUT2D eigenvalue weighted by atomic mass is 79.9. The highest BCUT2D eigenvalue weighted by molar-refractivity contribution is 9.10. The van der Waals surface area contributed by atoms with Gasteiger partial charge in [0.05, 0.1) is 24.9 Å². The van der Waals surface area contributed by atoms with Crippen molar-refractivity contribution in [3.63, 3.8) is 0 Å². The Balaban J connectivity index is 0.000000125. The van der Waals surface area contributed by atoms with Crippen molar-refractivity contribution >= 4 is 138 Å². The molecule has 2 fully saturated rings. The molecule has 1 heterocycles. The fourth-order valence-electron chi connectivity index (χ4n) is 13.8. The van der Waals surface area contributed by atoms with Crippen molar-refractivity contribution in [2.75, 3.05) is 0 Å². The molecule has 2 unspecified atom stereocenters. The lowest BCUT2D eigenvalue weighted by molar-refractivity contribution is 0.187. The van der Waals surface area contributed by atoms with Gasteiger partial charge in [0.15, 0.2) is 0 Å².